The number of piperazine rings is 1. The highest BCUT2D eigenvalue weighted by Crippen LogP contribution is 2.27. The number of carbonyl (C=O) groups is 1. The topological polar surface area (TPSA) is 48.5 Å². The van der Waals surface area contributed by atoms with Gasteiger partial charge in [-0.05, 0) is 31.0 Å². The molecule has 0 aliphatic carbocycles. The van der Waals surface area contributed by atoms with Gasteiger partial charge in [0.25, 0.3) is 0 Å². The standard InChI is InChI=1S/C17H21ClN4OS/c1-12-9-13(2)16(14(18)10-12)20-15(23)11-21-4-6-22(7-5-21)17-19-3-8-24-17/h3,8-10H,4-7,11H2,1-2H3,(H,20,23). The van der Waals surface area contributed by atoms with Crippen molar-refractivity contribution in [2.24, 2.45) is 0 Å². The lowest BCUT2D eigenvalue weighted by molar-refractivity contribution is -0.117. The van der Waals surface area contributed by atoms with Crippen LogP contribution in [0.15, 0.2) is 23.7 Å². The third-order valence-electron chi connectivity index (χ3n) is 4.13. The van der Waals surface area contributed by atoms with Gasteiger partial charge in [0.2, 0.25) is 5.91 Å². The lowest BCUT2D eigenvalue weighted by Crippen LogP contribution is -2.48. The highest BCUT2D eigenvalue weighted by molar-refractivity contribution is 7.13. The Bertz CT molecular complexity index is 688. The van der Waals surface area contributed by atoms with Gasteiger partial charge in [-0.1, -0.05) is 17.7 Å². The number of amides is 1. The van der Waals surface area contributed by atoms with Gasteiger partial charge in [-0.15, -0.1) is 11.3 Å². The first-order chi connectivity index (χ1) is 11.5. The summed E-state index contributed by atoms with van der Waals surface area (Å²) in [6, 6.07) is 3.89. The zero-order valence-electron chi connectivity index (χ0n) is 13.9. The molecule has 24 heavy (non-hydrogen) atoms. The molecule has 0 radical (unpaired) electrons. The van der Waals surface area contributed by atoms with Crippen molar-refractivity contribution in [1.29, 1.82) is 0 Å². The molecule has 0 unspecified atom stereocenters. The molecular weight excluding hydrogens is 344 g/mol. The lowest BCUT2D eigenvalue weighted by Gasteiger charge is -2.34. The number of rotatable bonds is 4. The molecule has 2 heterocycles. The van der Waals surface area contributed by atoms with E-state index in [1.165, 1.54) is 0 Å². The smallest absolute Gasteiger partial charge is 0.238 e. The fourth-order valence-corrected chi connectivity index (χ4v) is 3.99. The molecule has 1 aromatic heterocycles. The van der Waals surface area contributed by atoms with Crippen molar-refractivity contribution in [1.82, 2.24) is 9.88 Å². The van der Waals surface area contributed by atoms with Gasteiger partial charge in [0.15, 0.2) is 5.13 Å². The zero-order valence-corrected chi connectivity index (χ0v) is 15.5. The first-order valence-electron chi connectivity index (χ1n) is 7.96. The van der Waals surface area contributed by atoms with E-state index in [-0.39, 0.29) is 5.91 Å². The summed E-state index contributed by atoms with van der Waals surface area (Å²) in [6.07, 6.45) is 1.83. The summed E-state index contributed by atoms with van der Waals surface area (Å²) >= 11 is 7.91. The largest absolute Gasteiger partial charge is 0.346 e. The Morgan fingerprint density at radius 1 is 1.29 bits per heavy atom. The van der Waals surface area contributed by atoms with Crippen LogP contribution in [0.3, 0.4) is 0 Å². The van der Waals surface area contributed by atoms with Crippen LogP contribution in [-0.4, -0.2) is 48.5 Å². The number of halogens is 1. The van der Waals surface area contributed by atoms with E-state index < -0.39 is 0 Å². The van der Waals surface area contributed by atoms with E-state index in [1.807, 2.05) is 37.6 Å². The van der Waals surface area contributed by atoms with Crippen LogP contribution in [0.2, 0.25) is 5.02 Å². The summed E-state index contributed by atoms with van der Waals surface area (Å²) in [6.45, 7) is 7.83. The monoisotopic (exact) mass is 364 g/mol. The van der Waals surface area contributed by atoms with Gasteiger partial charge >= 0.3 is 0 Å². The number of aromatic nitrogens is 1. The van der Waals surface area contributed by atoms with Crippen LogP contribution in [-0.2, 0) is 4.79 Å². The van der Waals surface area contributed by atoms with Crippen LogP contribution in [0, 0.1) is 13.8 Å². The van der Waals surface area contributed by atoms with Crippen molar-refractivity contribution in [2.75, 3.05) is 42.9 Å². The van der Waals surface area contributed by atoms with E-state index in [4.69, 9.17) is 11.6 Å². The number of nitrogens with one attached hydrogen (secondary N) is 1. The SMILES string of the molecule is Cc1cc(C)c(NC(=O)CN2CCN(c3nccs3)CC2)c(Cl)c1. The first-order valence-corrected chi connectivity index (χ1v) is 9.22. The molecule has 1 amide bonds. The van der Waals surface area contributed by atoms with Crippen molar-refractivity contribution >= 4 is 39.7 Å². The van der Waals surface area contributed by atoms with Crippen molar-refractivity contribution in [3.8, 4) is 0 Å². The van der Waals surface area contributed by atoms with Crippen LogP contribution in [0.1, 0.15) is 11.1 Å². The van der Waals surface area contributed by atoms with Crippen molar-refractivity contribution in [3.05, 3.63) is 39.9 Å². The van der Waals surface area contributed by atoms with E-state index in [0.29, 0.717) is 17.3 Å². The summed E-state index contributed by atoms with van der Waals surface area (Å²) < 4.78 is 0. The number of carbonyl (C=O) groups excluding carboxylic acids is 1. The second kappa shape index (κ2) is 7.51. The maximum absolute atomic E-state index is 12.3. The van der Waals surface area contributed by atoms with Gasteiger partial charge in [-0.3, -0.25) is 9.69 Å². The molecule has 0 bridgehead atoms. The summed E-state index contributed by atoms with van der Waals surface area (Å²) in [5, 5.41) is 6.59. The molecule has 2 aromatic rings. The van der Waals surface area contributed by atoms with E-state index in [0.717, 1.165) is 42.4 Å². The Hall–Kier alpha value is -1.63. The number of hydrogen-bond acceptors (Lipinski definition) is 5. The number of hydrogen-bond donors (Lipinski definition) is 1. The van der Waals surface area contributed by atoms with Crippen molar-refractivity contribution < 1.29 is 4.79 Å². The maximum Gasteiger partial charge on any atom is 0.238 e. The van der Waals surface area contributed by atoms with E-state index >= 15 is 0 Å². The minimum atomic E-state index is -0.0217. The number of benzene rings is 1. The molecule has 1 aliphatic rings. The average molecular weight is 365 g/mol. The molecule has 1 N–H and O–H groups in total. The Morgan fingerprint density at radius 3 is 2.67 bits per heavy atom. The Balaban J connectivity index is 1.53. The van der Waals surface area contributed by atoms with Gasteiger partial charge in [-0.2, -0.15) is 0 Å². The van der Waals surface area contributed by atoms with Gasteiger partial charge in [0, 0.05) is 37.8 Å². The molecule has 1 saturated heterocycles. The van der Waals surface area contributed by atoms with Gasteiger partial charge in [-0.25, -0.2) is 4.98 Å². The fourth-order valence-electron chi connectivity index (χ4n) is 2.93. The number of nitrogens with zero attached hydrogens (tertiary/aromatic N) is 3. The molecular formula is C17H21ClN4OS. The molecule has 0 spiro atoms. The summed E-state index contributed by atoms with van der Waals surface area (Å²) in [7, 11) is 0. The van der Waals surface area contributed by atoms with Gasteiger partial charge < -0.3 is 10.2 Å². The second-order valence-corrected chi connectivity index (χ2v) is 7.34. The molecule has 1 fully saturated rings. The molecule has 5 nitrogen and oxygen atoms in total. The quantitative estimate of drug-likeness (QED) is 0.905. The molecule has 3 rings (SSSR count). The van der Waals surface area contributed by atoms with E-state index in [2.05, 4.69) is 20.1 Å². The normalized spacial score (nSPS) is 15.5. The van der Waals surface area contributed by atoms with E-state index in [9.17, 15) is 4.79 Å². The molecule has 1 aromatic carbocycles. The Kier molecular flexibility index (Phi) is 5.38. The van der Waals surface area contributed by atoms with Crippen LogP contribution >= 0.6 is 22.9 Å². The van der Waals surface area contributed by atoms with Crippen LogP contribution in [0.5, 0.6) is 0 Å². The molecule has 7 heteroatoms. The Morgan fingerprint density at radius 2 is 2.04 bits per heavy atom. The Labute approximate surface area is 151 Å². The first kappa shape index (κ1) is 17.2. The number of thiazole rings is 1. The summed E-state index contributed by atoms with van der Waals surface area (Å²) in [5.41, 5.74) is 2.80. The van der Waals surface area contributed by atoms with Crippen LogP contribution < -0.4 is 10.2 Å². The third kappa shape index (κ3) is 4.06. The average Bonchev–Trinajstić information content (AvgIpc) is 3.06. The highest BCUT2D eigenvalue weighted by Gasteiger charge is 2.21. The molecule has 128 valence electrons. The molecule has 0 atom stereocenters. The zero-order chi connectivity index (χ0) is 17.1. The summed E-state index contributed by atoms with van der Waals surface area (Å²) in [5.74, 6) is -0.0217. The minimum Gasteiger partial charge on any atom is -0.346 e. The highest BCUT2D eigenvalue weighted by atomic mass is 35.5. The van der Waals surface area contributed by atoms with Crippen LogP contribution in [0.4, 0.5) is 10.8 Å². The van der Waals surface area contributed by atoms with Crippen LogP contribution in [0.25, 0.3) is 0 Å². The van der Waals surface area contributed by atoms with Crippen molar-refractivity contribution in [3.63, 3.8) is 0 Å². The number of anilines is 2. The van der Waals surface area contributed by atoms with E-state index in [1.54, 1.807) is 11.3 Å². The number of aryl methyl sites for hydroxylation is 2. The van der Waals surface area contributed by atoms with Gasteiger partial charge in [0.1, 0.15) is 0 Å². The third-order valence-corrected chi connectivity index (χ3v) is 5.26. The predicted octanol–water partition coefficient (Wildman–Crippen LogP) is 3.17. The minimum absolute atomic E-state index is 0.0217. The van der Waals surface area contributed by atoms with Gasteiger partial charge in [0.05, 0.1) is 17.3 Å². The molecule has 0 saturated carbocycles. The lowest BCUT2D eigenvalue weighted by atomic mass is 10.1. The maximum atomic E-state index is 12.3. The van der Waals surface area contributed by atoms with Crippen molar-refractivity contribution in [2.45, 2.75) is 13.8 Å². The summed E-state index contributed by atoms with van der Waals surface area (Å²) in [4.78, 5) is 21.1. The second-order valence-electron chi connectivity index (χ2n) is 6.06. The predicted molar refractivity (Wildman–Crippen MR) is 100 cm³/mol. The molecule has 1 aliphatic heterocycles. The fraction of sp³-hybridized carbons (Fsp3) is 0.412.